The maximum absolute atomic E-state index is 4.40. The maximum atomic E-state index is 4.40. The minimum absolute atomic E-state index is 0.959. The van der Waals surface area contributed by atoms with Gasteiger partial charge in [0.15, 0.2) is 0 Å². The number of aryl methyl sites for hydroxylation is 3. The SMILES string of the molecule is Cc1cc(N(C)CCCn2cccn2)cc(C)n1. The van der Waals surface area contributed by atoms with Crippen LogP contribution in [0.25, 0.3) is 0 Å². The molecule has 0 bridgehead atoms. The molecule has 4 heteroatoms. The van der Waals surface area contributed by atoms with E-state index in [1.54, 1.807) is 0 Å². The van der Waals surface area contributed by atoms with E-state index >= 15 is 0 Å². The molecule has 0 aliphatic carbocycles. The molecule has 0 unspecified atom stereocenters. The lowest BCUT2D eigenvalue weighted by molar-refractivity contribution is 0.578. The van der Waals surface area contributed by atoms with Crippen molar-refractivity contribution in [3.8, 4) is 0 Å². The van der Waals surface area contributed by atoms with E-state index in [9.17, 15) is 0 Å². The highest BCUT2D eigenvalue weighted by atomic mass is 15.3. The van der Waals surface area contributed by atoms with Gasteiger partial charge in [-0.2, -0.15) is 5.10 Å². The number of anilines is 1. The van der Waals surface area contributed by atoms with Gasteiger partial charge in [0.1, 0.15) is 0 Å². The third-order valence-corrected chi connectivity index (χ3v) is 2.95. The number of rotatable bonds is 5. The largest absolute Gasteiger partial charge is 0.374 e. The van der Waals surface area contributed by atoms with Gasteiger partial charge >= 0.3 is 0 Å². The summed E-state index contributed by atoms with van der Waals surface area (Å²) < 4.78 is 1.97. The molecule has 0 atom stereocenters. The summed E-state index contributed by atoms with van der Waals surface area (Å²) in [6, 6.07) is 6.21. The zero-order chi connectivity index (χ0) is 13.0. The first-order chi connectivity index (χ1) is 8.65. The third-order valence-electron chi connectivity index (χ3n) is 2.95. The zero-order valence-electron chi connectivity index (χ0n) is 11.3. The standard InChI is InChI=1S/C14H20N4/c1-12-10-14(11-13(2)16-12)17(3)7-5-9-18-8-4-6-15-18/h4,6,8,10-11H,5,7,9H2,1-3H3. The molecule has 0 N–H and O–H groups in total. The Morgan fingerprint density at radius 2 is 1.94 bits per heavy atom. The van der Waals surface area contributed by atoms with Gasteiger partial charge < -0.3 is 4.90 Å². The van der Waals surface area contributed by atoms with Gasteiger partial charge in [0.25, 0.3) is 0 Å². The average molecular weight is 244 g/mol. The molecule has 2 aromatic rings. The number of nitrogens with zero attached hydrogens (tertiary/aromatic N) is 4. The predicted octanol–water partition coefficient (Wildman–Crippen LogP) is 2.42. The van der Waals surface area contributed by atoms with E-state index in [0.717, 1.165) is 30.9 Å². The Labute approximate surface area is 108 Å². The molecular formula is C14H20N4. The highest BCUT2D eigenvalue weighted by Gasteiger charge is 2.03. The third kappa shape index (κ3) is 3.32. The van der Waals surface area contributed by atoms with E-state index in [-0.39, 0.29) is 0 Å². The summed E-state index contributed by atoms with van der Waals surface area (Å²) in [6.07, 6.45) is 4.90. The smallest absolute Gasteiger partial charge is 0.0489 e. The molecule has 2 heterocycles. The van der Waals surface area contributed by atoms with Crippen LogP contribution in [0.1, 0.15) is 17.8 Å². The van der Waals surface area contributed by atoms with Gasteiger partial charge in [0.2, 0.25) is 0 Å². The normalized spacial score (nSPS) is 10.6. The van der Waals surface area contributed by atoms with Gasteiger partial charge in [-0.25, -0.2) is 0 Å². The molecule has 0 fully saturated rings. The molecule has 4 nitrogen and oxygen atoms in total. The van der Waals surface area contributed by atoms with Crippen LogP contribution in [0.4, 0.5) is 5.69 Å². The van der Waals surface area contributed by atoms with E-state index in [0.29, 0.717) is 0 Å². The van der Waals surface area contributed by atoms with Gasteiger partial charge in [-0.05, 0) is 38.5 Å². The zero-order valence-corrected chi connectivity index (χ0v) is 11.3. The van der Waals surface area contributed by atoms with Crippen LogP contribution >= 0.6 is 0 Å². The van der Waals surface area contributed by atoms with Crippen LogP contribution in [0, 0.1) is 13.8 Å². The lowest BCUT2D eigenvalue weighted by atomic mass is 10.2. The summed E-state index contributed by atoms with van der Waals surface area (Å²) in [4.78, 5) is 6.67. The van der Waals surface area contributed by atoms with Gasteiger partial charge in [-0.15, -0.1) is 0 Å². The van der Waals surface area contributed by atoms with Crippen LogP contribution in [0.15, 0.2) is 30.6 Å². The Bertz CT molecular complexity index is 470. The second kappa shape index (κ2) is 5.67. The number of hydrogen-bond donors (Lipinski definition) is 0. The molecule has 0 saturated heterocycles. The summed E-state index contributed by atoms with van der Waals surface area (Å²) in [5, 5.41) is 4.20. The molecular weight excluding hydrogens is 224 g/mol. The van der Waals surface area contributed by atoms with E-state index in [1.165, 1.54) is 5.69 Å². The van der Waals surface area contributed by atoms with Crippen molar-refractivity contribution in [2.45, 2.75) is 26.8 Å². The summed E-state index contributed by atoms with van der Waals surface area (Å²) in [7, 11) is 2.12. The van der Waals surface area contributed by atoms with Crippen LogP contribution in [0.2, 0.25) is 0 Å². The molecule has 0 aliphatic heterocycles. The van der Waals surface area contributed by atoms with E-state index in [1.807, 2.05) is 37.0 Å². The summed E-state index contributed by atoms with van der Waals surface area (Å²) in [5.41, 5.74) is 3.38. The first-order valence-electron chi connectivity index (χ1n) is 6.29. The summed E-state index contributed by atoms with van der Waals surface area (Å²) >= 11 is 0. The first-order valence-corrected chi connectivity index (χ1v) is 6.29. The Balaban J connectivity index is 1.89. The Kier molecular flexibility index (Phi) is 3.97. The molecule has 0 saturated carbocycles. The van der Waals surface area contributed by atoms with Crippen LogP contribution in [0.5, 0.6) is 0 Å². The molecule has 18 heavy (non-hydrogen) atoms. The van der Waals surface area contributed by atoms with Crippen molar-refractivity contribution in [2.75, 3.05) is 18.5 Å². The van der Waals surface area contributed by atoms with Crippen molar-refractivity contribution in [1.29, 1.82) is 0 Å². The molecule has 0 aromatic carbocycles. The number of hydrogen-bond acceptors (Lipinski definition) is 3. The number of aromatic nitrogens is 3. The minimum atomic E-state index is 0.959. The van der Waals surface area contributed by atoms with Gasteiger partial charge in [0.05, 0.1) is 0 Å². The molecule has 0 radical (unpaired) electrons. The van der Waals surface area contributed by atoms with Crippen molar-refractivity contribution in [3.63, 3.8) is 0 Å². The fraction of sp³-hybridized carbons (Fsp3) is 0.429. The Hall–Kier alpha value is -1.84. The van der Waals surface area contributed by atoms with E-state index in [4.69, 9.17) is 0 Å². The molecule has 0 aliphatic rings. The number of pyridine rings is 1. The lowest BCUT2D eigenvalue weighted by Gasteiger charge is -2.20. The van der Waals surface area contributed by atoms with Crippen LogP contribution in [-0.2, 0) is 6.54 Å². The van der Waals surface area contributed by atoms with E-state index < -0.39 is 0 Å². The van der Waals surface area contributed by atoms with Crippen molar-refractivity contribution >= 4 is 5.69 Å². The molecule has 2 rings (SSSR count). The predicted molar refractivity (Wildman–Crippen MR) is 73.8 cm³/mol. The van der Waals surface area contributed by atoms with Gasteiger partial charge in [0, 0.05) is 49.6 Å². The van der Waals surface area contributed by atoms with Crippen LogP contribution < -0.4 is 4.90 Å². The molecule has 96 valence electrons. The van der Waals surface area contributed by atoms with Gasteiger partial charge in [-0.1, -0.05) is 0 Å². The van der Waals surface area contributed by atoms with Crippen LogP contribution in [0.3, 0.4) is 0 Å². The average Bonchev–Trinajstić information content (AvgIpc) is 2.80. The molecule has 0 amide bonds. The topological polar surface area (TPSA) is 34.0 Å². The highest BCUT2D eigenvalue weighted by molar-refractivity contribution is 5.47. The monoisotopic (exact) mass is 244 g/mol. The fourth-order valence-corrected chi connectivity index (χ4v) is 2.06. The van der Waals surface area contributed by atoms with Crippen molar-refractivity contribution in [3.05, 3.63) is 42.0 Å². The molecule has 2 aromatic heterocycles. The second-order valence-electron chi connectivity index (χ2n) is 4.65. The van der Waals surface area contributed by atoms with Crippen molar-refractivity contribution in [1.82, 2.24) is 14.8 Å². The van der Waals surface area contributed by atoms with Crippen LogP contribution in [-0.4, -0.2) is 28.4 Å². The minimum Gasteiger partial charge on any atom is -0.374 e. The summed E-state index contributed by atoms with van der Waals surface area (Å²) in [5.74, 6) is 0. The van der Waals surface area contributed by atoms with Crippen molar-refractivity contribution in [2.24, 2.45) is 0 Å². The van der Waals surface area contributed by atoms with Gasteiger partial charge in [-0.3, -0.25) is 9.67 Å². The quantitative estimate of drug-likeness (QED) is 0.810. The molecule has 0 spiro atoms. The summed E-state index contributed by atoms with van der Waals surface area (Å²) in [6.45, 7) is 6.05. The Morgan fingerprint density at radius 1 is 1.22 bits per heavy atom. The second-order valence-corrected chi connectivity index (χ2v) is 4.65. The fourth-order valence-electron chi connectivity index (χ4n) is 2.06. The van der Waals surface area contributed by atoms with E-state index in [2.05, 4.69) is 34.2 Å². The maximum Gasteiger partial charge on any atom is 0.0489 e. The highest BCUT2D eigenvalue weighted by Crippen LogP contribution is 2.15. The first kappa shape index (κ1) is 12.6. The Morgan fingerprint density at radius 3 is 2.56 bits per heavy atom. The van der Waals surface area contributed by atoms with Crippen molar-refractivity contribution < 1.29 is 0 Å². The lowest BCUT2D eigenvalue weighted by Crippen LogP contribution is -2.20.